The van der Waals surface area contributed by atoms with Crippen molar-refractivity contribution in [1.82, 2.24) is 4.90 Å². The third-order valence-corrected chi connectivity index (χ3v) is 7.05. The number of carbonyl (C=O) groups excluding carboxylic acids is 1. The van der Waals surface area contributed by atoms with Crippen LogP contribution >= 0.6 is 15.9 Å². The second-order valence-corrected chi connectivity index (χ2v) is 8.89. The molecule has 0 unspecified atom stereocenters. The molecular weight excluding hydrogens is 416 g/mol. The summed E-state index contributed by atoms with van der Waals surface area (Å²) in [6.45, 7) is 0.997. The minimum absolute atomic E-state index is 0.00269. The van der Waals surface area contributed by atoms with Crippen LogP contribution in [0.1, 0.15) is 5.56 Å². The van der Waals surface area contributed by atoms with E-state index in [9.17, 15) is 13.2 Å². The number of hydrogen-bond acceptors (Lipinski definition) is 4. The van der Waals surface area contributed by atoms with E-state index in [-0.39, 0.29) is 20.2 Å². The van der Waals surface area contributed by atoms with Crippen LogP contribution in [-0.2, 0) is 14.6 Å². The summed E-state index contributed by atoms with van der Waals surface area (Å²) in [6.07, 6.45) is 0. The van der Waals surface area contributed by atoms with Crippen LogP contribution < -0.4 is 4.90 Å². The minimum Gasteiger partial charge on any atom is -0.308 e. The van der Waals surface area contributed by atoms with Gasteiger partial charge in [0.1, 0.15) is 4.48 Å². The molecule has 0 fully saturated rings. The molecule has 3 rings (SSSR count). The summed E-state index contributed by atoms with van der Waals surface area (Å²) < 4.78 is 26.8. The number of hydrogen-bond donors (Lipinski definition) is 0. The second-order valence-electron chi connectivity index (χ2n) is 6.24. The highest BCUT2D eigenvalue weighted by molar-refractivity contribution is 9.12. The third-order valence-electron chi connectivity index (χ3n) is 4.15. The van der Waals surface area contributed by atoms with Gasteiger partial charge in [-0.05, 0) is 47.7 Å². The van der Waals surface area contributed by atoms with Crippen LogP contribution in [0.5, 0.6) is 0 Å². The van der Waals surface area contributed by atoms with Gasteiger partial charge in [0, 0.05) is 13.1 Å². The van der Waals surface area contributed by atoms with Crippen molar-refractivity contribution in [1.29, 1.82) is 0 Å². The fourth-order valence-corrected chi connectivity index (χ4v) is 5.64. The molecule has 26 heavy (non-hydrogen) atoms. The number of benzene rings is 2. The van der Waals surface area contributed by atoms with Crippen LogP contribution in [0.25, 0.3) is 4.91 Å². The Morgan fingerprint density at radius 1 is 1.00 bits per heavy atom. The van der Waals surface area contributed by atoms with Crippen molar-refractivity contribution in [2.45, 2.75) is 4.90 Å². The van der Waals surface area contributed by atoms with E-state index in [1.807, 2.05) is 19.0 Å². The summed E-state index contributed by atoms with van der Waals surface area (Å²) in [5.41, 5.74) is 0.888. The van der Waals surface area contributed by atoms with Gasteiger partial charge < -0.3 is 9.80 Å². The summed E-state index contributed by atoms with van der Waals surface area (Å²) in [6, 6.07) is 15.3. The molecule has 0 saturated carbocycles. The number of para-hydroxylation sites is 1. The van der Waals surface area contributed by atoms with Gasteiger partial charge in [-0.1, -0.05) is 42.5 Å². The Morgan fingerprint density at radius 2 is 1.62 bits per heavy atom. The molecule has 0 aliphatic carbocycles. The zero-order valence-electron chi connectivity index (χ0n) is 14.5. The normalized spacial score (nSPS) is 16.6. The van der Waals surface area contributed by atoms with E-state index >= 15 is 0 Å². The van der Waals surface area contributed by atoms with Gasteiger partial charge in [0.05, 0.1) is 15.5 Å². The lowest BCUT2D eigenvalue weighted by atomic mass is 10.2. The molecule has 136 valence electrons. The van der Waals surface area contributed by atoms with Crippen molar-refractivity contribution < 1.29 is 13.2 Å². The summed E-state index contributed by atoms with van der Waals surface area (Å²) >= 11 is 3.28. The van der Waals surface area contributed by atoms with Crippen LogP contribution in [0, 0.1) is 0 Å². The highest BCUT2D eigenvalue weighted by atomic mass is 79.9. The molecule has 1 amide bonds. The van der Waals surface area contributed by atoms with Crippen molar-refractivity contribution in [3.05, 3.63) is 64.6 Å². The molecule has 1 heterocycles. The summed E-state index contributed by atoms with van der Waals surface area (Å²) in [5, 5.41) is 0. The highest BCUT2D eigenvalue weighted by Crippen LogP contribution is 2.41. The molecule has 0 bridgehead atoms. The van der Waals surface area contributed by atoms with E-state index in [0.717, 1.165) is 0 Å². The van der Waals surface area contributed by atoms with E-state index in [1.165, 1.54) is 4.90 Å². The monoisotopic (exact) mass is 434 g/mol. The van der Waals surface area contributed by atoms with Gasteiger partial charge in [0.15, 0.2) is 0 Å². The molecule has 5 nitrogen and oxygen atoms in total. The Kier molecular flexibility index (Phi) is 5.32. The maximum absolute atomic E-state index is 13.4. The quantitative estimate of drug-likeness (QED) is 0.741. The zero-order chi connectivity index (χ0) is 18.9. The molecule has 7 heteroatoms. The second kappa shape index (κ2) is 7.34. The largest absolute Gasteiger partial charge is 0.308 e. The fourth-order valence-electron chi connectivity index (χ4n) is 2.85. The molecule has 0 N–H and O–H groups in total. The highest BCUT2D eigenvalue weighted by Gasteiger charge is 2.37. The Morgan fingerprint density at radius 3 is 2.27 bits per heavy atom. The predicted molar refractivity (Wildman–Crippen MR) is 107 cm³/mol. The van der Waals surface area contributed by atoms with Crippen molar-refractivity contribution >= 4 is 42.3 Å². The lowest BCUT2D eigenvalue weighted by Gasteiger charge is -2.24. The number of amides is 1. The third kappa shape index (κ3) is 3.34. The maximum Gasteiger partial charge on any atom is 0.266 e. The predicted octanol–water partition coefficient (Wildman–Crippen LogP) is 3.13. The Labute approximate surface area is 162 Å². The van der Waals surface area contributed by atoms with Crippen LogP contribution in [-0.4, -0.2) is 46.4 Å². The molecule has 2 aromatic rings. The first-order valence-corrected chi connectivity index (χ1v) is 10.4. The van der Waals surface area contributed by atoms with Crippen molar-refractivity contribution in [3.63, 3.8) is 0 Å². The summed E-state index contributed by atoms with van der Waals surface area (Å²) in [4.78, 5) is 16.7. The van der Waals surface area contributed by atoms with Gasteiger partial charge in [0.25, 0.3) is 5.91 Å². The standard InChI is InChI=1S/C19H19BrN2O3S/c1-21(2)12-13-22-15-10-6-7-11-16(15)26(24,25)18(17(20)19(22)23)14-8-4-3-5-9-14/h3-11H,12-13H2,1-2H3. The van der Waals surface area contributed by atoms with E-state index in [2.05, 4.69) is 15.9 Å². The first kappa shape index (κ1) is 18.8. The lowest BCUT2D eigenvalue weighted by molar-refractivity contribution is -0.114. The molecule has 0 spiro atoms. The van der Waals surface area contributed by atoms with Crippen molar-refractivity contribution in [3.8, 4) is 0 Å². The van der Waals surface area contributed by atoms with Gasteiger partial charge in [-0.2, -0.15) is 0 Å². The SMILES string of the molecule is CN(C)CCN1C(=O)C(Br)=C(c2ccccc2)S(=O)(=O)c2ccccc21. The number of likely N-dealkylation sites (N-methyl/N-ethyl adjacent to an activating group) is 1. The number of anilines is 1. The average molecular weight is 435 g/mol. The number of sulfone groups is 1. The van der Waals surface area contributed by atoms with Gasteiger partial charge in [-0.3, -0.25) is 4.79 Å². The van der Waals surface area contributed by atoms with Gasteiger partial charge in [-0.25, -0.2) is 8.42 Å². The molecule has 0 radical (unpaired) electrons. The van der Waals surface area contributed by atoms with E-state index in [4.69, 9.17) is 0 Å². The van der Waals surface area contributed by atoms with E-state index in [0.29, 0.717) is 24.3 Å². The molecule has 0 saturated heterocycles. The fraction of sp³-hybridized carbons (Fsp3) is 0.211. The smallest absolute Gasteiger partial charge is 0.266 e. The first-order chi connectivity index (χ1) is 12.3. The summed E-state index contributed by atoms with van der Waals surface area (Å²) in [7, 11) is -0.0534. The average Bonchev–Trinajstić information content (AvgIpc) is 2.67. The lowest BCUT2D eigenvalue weighted by Crippen LogP contribution is -2.36. The molecule has 2 aromatic carbocycles. The van der Waals surface area contributed by atoms with Crippen LogP contribution in [0.15, 0.2) is 64.0 Å². The van der Waals surface area contributed by atoms with Gasteiger partial charge in [-0.15, -0.1) is 0 Å². The molecule has 1 aliphatic rings. The van der Waals surface area contributed by atoms with Gasteiger partial charge in [0.2, 0.25) is 9.84 Å². The molecule has 0 aromatic heterocycles. The van der Waals surface area contributed by atoms with E-state index < -0.39 is 9.84 Å². The molecule has 0 atom stereocenters. The topological polar surface area (TPSA) is 57.7 Å². The minimum atomic E-state index is -3.87. The molecule has 1 aliphatic heterocycles. The van der Waals surface area contributed by atoms with Crippen LogP contribution in [0.2, 0.25) is 0 Å². The number of nitrogens with zero attached hydrogens (tertiary/aromatic N) is 2. The number of fused-ring (bicyclic) bond motifs is 1. The Bertz CT molecular complexity index is 969. The van der Waals surface area contributed by atoms with Crippen molar-refractivity contribution in [2.75, 3.05) is 32.1 Å². The first-order valence-electron chi connectivity index (χ1n) is 8.10. The maximum atomic E-state index is 13.4. The molecular formula is C19H19BrN2O3S. The Hall–Kier alpha value is -1.96. The van der Waals surface area contributed by atoms with Crippen LogP contribution in [0.3, 0.4) is 0 Å². The zero-order valence-corrected chi connectivity index (χ0v) is 16.9. The number of halogens is 1. The van der Waals surface area contributed by atoms with Crippen LogP contribution in [0.4, 0.5) is 5.69 Å². The Balaban J connectivity index is 2.27. The van der Waals surface area contributed by atoms with Crippen molar-refractivity contribution in [2.24, 2.45) is 0 Å². The number of rotatable bonds is 4. The van der Waals surface area contributed by atoms with Gasteiger partial charge >= 0.3 is 0 Å². The van der Waals surface area contributed by atoms with E-state index in [1.54, 1.807) is 54.6 Å². The summed E-state index contributed by atoms with van der Waals surface area (Å²) in [5.74, 6) is -0.362. The number of carbonyl (C=O) groups is 1.